The van der Waals surface area contributed by atoms with Gasteiger partial charge in [0, 0.05) is 31.9 Å². The molecule has 3 amide bonds. The van der Waals surface area contributed by atoms with Gasteiger partial charge < -0.3 is 0 Å². The lowest BCUT2D eigenvalue weighted by Gasteiger charge is -2.32. The molecule has 1 aromatic carbocycles. The summed E-state index contributed by atoms with van der Waals surface area (Å²) < 4.78 is 30.5. The van der Waals surface area contributed by atoms with Crippen molar-refractivity contribution in [2.75, 3.05) is 25.0 Å². The number of likely N-dealkylation sites (tertiary alicyclic amines) is 1. The van der Waals surface area contributed by atoms with Crippen LogP contribution < -0.4 is 10.2 Å². The first-order valence-electron chi connectivity index (χ1n) is 8.97. The Kier molecular flexibility index (Phi) is 4.33. The Morgan fingerprint density at radius 1 is 1.22 bits per heavy atom. The molecule has 2 atom stereocenters. The maximum Gasteiger partial charge on any atom is 0.329 e. The molecule has 9 heteroatoms. The Labute approximate surface area is 154 Å². The number of halogens is 2. The van der Waals surface area contributed by atoms with Gasteiger partial charge in [0.05, 0.1) is 5.52 Å². The number of hydrogen-bond acceptors (Lipinski definition) is 4. The van der Waals surface area contributed by atoms with Crippen LogP contribution in [0.3, 0.4) is 0 Å². The van der Waals surface area contributed by atoms with Crippen LogP contribution in [0.4, 0.5) is 19.4 Å². The fourth-order valence-electron chi connectivity index (χ4n) is 3.87. The Morgan fingerprint density at radius 2 is 2.00 bits per heavy atom. The summed E-state index contributed by atoms with van der Waals surface area (Å²) in [5.41, 5.74) is 1.14. The average Bonchev–Trinajstić information content (AvgIpc) is 2.92. The van der Waals surface area contributed by atoms with E-state index in [2.05, 4.69) is 10.4 Å². The SMILES string of the molecule is CN1CCC(c2cc3c(cc2F)c(N2CCC(=O)NC2=O)nn3C)CC1F. The molecule has 7 nitrogen and oxygen atoms in total. The summed E-state index contributed by atoms with van der Waals surface area (Å²) in [5.74, 6) is -0.649. The molecule has 144 valence electrons. The Morgan fingerprint density at radius 3 is 2.70 bits per heavy atom. The molecule has 27 heavy (non-hydrogen) atoms. The predicted molar refractivity (Wildman–Crippen MR) is 95.7 cm³/mol. The molecule has 1 N–H and O–H groups in total. The number of hydrogen-bond donors (Lipinski definition) is 1. The third kappa shape index (κ3) is 3.05. The highest BCUT2D eigenvalue weighted by atomic mass is 19.1. The summed E-state index contributed by atoms with van der Waals surface area (Å²) in [7, 11) is 3.44. The molecule has 0 radical (unpaired) electrons. The molecule has 0 aliphatic carbocycles. The van der Waals surface area contributed by atoms with E-state index >= 15 is 0 Å². The number of fused-ring (bicyclic) bond motifs is 1. The topological polar surface area (TPSA) is 70.5 Å². The highest BCUT2D eigenvalue weighted by Gasteiger charge is 2.31. The first-order valence-corrected chi connectivity index (χ1v) is 8.97. The fraction of sp³-hybridized carbons (Fsp3) is 0.500. The molecular weight excluding hydrogens is 356 g/mol. The van der Waals surface area contributed by atoms with E-state index in [4.69, 9.17) is 0 Å². The van der Waals surface area contributed by atoms with Crippen LogP contribution in [0.1, 0.15) is 30.7 Å². The van der Waals surface area contributed by atoms with Gasteiger partial charge in [-0.2, -0.15) is 5.10 Å². The van der Waals surface area contributed by atoms with Gasteiger partial charge in [-0.25, -0.2) is 13.6 Å². The van der Waals surface area contributed by atoms with E-state index in [-0.39, 0.29) is 31.2 Å². The Balaban J connectivity index is 1.73. The van der Waals surface area contributed by atoms with Crippen molar-refractivity contribution in [3.8, 4) is 0 Å². The Hall–Kier alpha value is -2.55. The lowest BCUT2D eigenvalue weighted by Crippen LogP contribution is -2.49. The zero-order valence-electron chi connectivity index (χ0n) is 15.2. The number of benzene rings is 1. The zero-order chi connectivity index (χ0) is 19.3. The number of amides is 3. The van der Waals surface area contributed by atoms with Crippen molar-refractivity contribution >= 4 is 28.7 Å². The number of nitrogens with one attached hydrogen (secondary N) is 1. The highest BCUT2D eigenvalue weighted by Crippen LogP contribution is 2.37. The quantitative estimate of drug-likeness (QED) is 0.815. The smallest absolute Gasteiger partial charge is 0.278 e. The van der Waals surface area contributed by atoms with Crippen molar-refractivity contribution in [1.82, 2.24) is 20.0 Å². The molecule has 3 heterocycles. The van der Waals surface area contributed by atoms with E-state index in [1.165, 1.54) is 11.0 Å². The number of rotatable bonds is 2. The van der Waals surface area contributed by atoms with Gasteiger partial charge in [-0.05, 0) is 43.5 Å². The number of nitrogens with zero attached hydrogens (tertiary/aromatic N) is 4. The maximum atomic E-state index is 14.9. The average molecular weight is 377 g/mol. The van der Waals surface area contributed by atoms with Crippen molar-refractivity contribution in [3.05, 3.63) is 23.5 Å². The third-order valence-corrected chi connectivity index (χ3v) is 5.49. The summed E-state index contributed by atoms with van der Waals surface area (Å²) in [5, 5.41) is 7.11. The summed E-state index contributed by atoms with van der Waals surface area (Å²) in [4.78, 5) is 26.5. The van der Waals surface area contributed by atoms with Crippen LogP contribution in [-0.4, -0.2) is 53.1 Å². The first kappa shape index (κ1) is 17.8. The van der Waals surface area contributed by atoms with Crippen molar-refractivity contribution in [2.45, 2.75) is 31.5 Å². The molecule has 2 aromatic rings. The van der Waals surface area contributed by atoms with E-state index in [1.54, 1.807) is 29.7 Å². The molecule has 1 aromatic heterocycles. The van der Waals surface area contributed by atoms with Gasteiger partial charge in [0.15, 0.2) is 12.1 Å². The minimum absolute atomic E-state index is 0.165. The normalized spacial score (nSPS) is 24.5. The summed E-state index contributed by atoms with van der Waals surface area (Å²) >= 11 is 0. The summed E-state index contributed by atoms with van der Waals surface area (Å²) in [6.07, 6.45) is 0.00859. The van der Waals surface area contributed by atoms with Gasteiger partial charge in [0.25, 0.3) is 0 Å². The molecule has 4 rings (SSSR count). The third-order valence-electron chi connectivity index (χ3n) is 5.49. The maximum absolute atomic E-state index is 14.9. The number of carbonyl (C=O) groups is 2. The first-order chi connectivity index (χ1) is 12.8. The van der Waals surface area contributed by atoms with E-state index in [0.717, 1.165) is 0 Å². The summed E-state index contributed by atoms with van der Waals surface area (Å²) in [6.45, 7) is 0.764. The molecule has 0 spiro atoms. The number of imide groups is 1. The number of aryl methyl sites for hydroxylation is 1. The van der Waals surface area contributed by atoms with Gasteiger partial charge in [0.1, 0.15) is 5.82 Å². The van der Waals surface area contributed by atoms with Gasteiger partial charge in [0.2, 0.25) is 5.91 Å². The van der Waals surface area contributed by atoms with E-state index in [9.17, 15) is 18.4 Å². The fourth-order valence-corrected chi connectivity index (χ4v) is 3.87. The van der Waals surface area contributed by atoms with Crippen LogP contribution >= 0.6 is 0 Å². The number of piperidine rings is 1. The van der Waals surface area contributed by atoms with E-state index in [0.29, 0.717) is 35.2 Å². The largest absolute Gasteiger partial charge is 0.329 e. The second-order valence-corrected chi connectivity index (χ2v) is 7.23. The lowest BCUT2D eigenvalue weighted by molar-refractivity contribution is -0.120. The standard InChI is InChI=1S/C18H21F2N5O2/c1-23-5-3-10(7-15(23)20)11-9-14-12(8-13(11)19)17(22-24(14)2)25-6-4-16(26)21-18(25)27/h8-10,15H,3-7H2,1-2H3,(H,21,26,27). The van der Waals surface area contributed by atoms with Crippen LogP contribution in [0.25, 0.3) is 10.9 Å². The molecule has 0 bridgehead atoms. The highest BCUT2D eigenvalue weighted by molar-refractivity contribution is 6.08. The van der Waals surface area contributed by atoms with Crippen LogP contribution in [-0.2, 0) is 11.8 Å². The van der Waals surface area contributed by atoms with Gasteiger partial charge in [-0.1, -0.05) is 0 Å². The second kappa shape index (κ2) is 6.56. The predicted octanol–water partition coefficient (Wildman–Crippen LogP) is 2.26. The molecule has 2 fully saturated rings. The number of aromatic nitrogens is 2. The second-order valence-electron chi connectivity index (χ2n) is 7.23. The zero-order valence-corrected chi connectivity index (χ0v) is 15.2. The Bertz CT molecular complexity index is 928. The van der Waals surface area contributed by atoms with E-state index < -0.39 is 18.1 Å². The van der Waals surface area contributed by atoms with Crippen molar-refractivity contribution in [2.24, 2.45) is 7.05 Å². The molecule has 2 saturated heterocycles. The molecule has 0 saturated carbocycles. The minimum atomic E-state index is -1.09. The molecule has 2 aliphatic rings. The van der Waals surface area contributed by atoms with Crippen LogP contribution in [0.2, 0.25) is 0 Å². The molecule has 2 aliphatic heterocycles. The van der Waals surface area contributed by atoms with Crippen molar-refractivity contribution in [3.63, 3.8) is 0 Å². The van der Waals surface area contributed by atoms with E-state index in [1.807, 2.05) is 0 Å². The monoisotopic (exact) mass is 377 g/mol. The van der Waals surface area contributed by atoms with Crippen molar-refractivity contribution < 1.29 is 18.4 Å². The lowest BCUT2D eigenvalue weighted by atomic mass is 9.88. The number of alkyl halides is 1. The van der Waals surface area contributed by atoms with Gasteiger partial charge in [-0.3, -0.25) is 24.6 Å². The number of anilines is 1. The van der Waals surface area contributed by atoms with Crippen molar-refractivity contribution in [1.29, 1.82) is 0 Å². The number of urea groups is 1. The van der Waals surface area contributed by atoms with Gasteiger partial charge in [-0.15, -0.1) is 0 Å². The molecular formula is C18H21F2N5O2. The van der Waals surface area contributed by atoms with Crippen LogP contribution in [0.15, 0.2) is 12.1 Å². The summed E-state index contributed by atoms with van der Waals surface area (Å²) in [6, 6.07) is 2.51. The van der Waals surface area contributed by atoms with Gasteiger partial charge >= 0.3 is 6.03 Å². The number of carbonyl (C=O) groups excluding carboxylic acids is 2. The minimum Gasteiger partial charge on any atom is -0.278 e. The van der Waals surface area contributed by atoms with Crippen LogP contribution in [0.5, 0.6) is 0 Å². The molecule has 2 unspecified atom stereocenters. The van der Waals surface area contributed by atoms with Crippen LogP contribution in [0, 0.1) is 5.82 Å².